The van der Waals surface area contributed by atoms with Crippen molar-refractivity contribution in [3.8, 4) is 17.1 Å². The SMILES string of the molecule is CCOC(=O)C1=C(c2ccccc2)N=c2s/c(=C\c3ccc(-c4ccc(Cl)c([N+](=O)[O-])c4)o3)c(=O)n2[C@@H]1c1cccc(OC)c1. The minimum atomic E-state index is -0.866. The van der Waals surface area contributed by atoms with Crippen LogP contribution in [-0.4, -0.2) is 29.2 Å². The minimum Gasteiger partial charge on any atom is -0.497 e. The monoisotopic (exact) mass is 641 g/mol. The number of thiazole rings is 1. The number of hydrogen-bond donors (Lipinski definition) is 0. The van der Waals surface area contributed by atoms with Crippen LogP contribution in [0.2, 0.25) is 5.02 Å². The third-order valence-electron chi connectivity index (χ3n) is 7.11. The molecule has 0 aliphatic carbocycles. The quantitative estimate of drug-likeness (QED) is 0.120. The Balaban J connectivity index is 1.54. The summed E-state index contributed by atoms with van der Waals surface area (Å²) >= 11 is 7.11. The van der Waals surface area contributed by atoms with E-state index in [1.165, 1.54) is 16.7 Å². The Morgan fingerprint density at radius 2 is 1.89 bits per heavy atom. The molecule has 0 radical (unpaired) electrons. The zero-order chi connectivity index (χ0) is 31.7. The molecule has 6 rings (SSSR count). The fraction of sp³-hybridized carbons (Fsp3) is 0.121. The lowest BCUT2D eigenvalue weighted by Crippen LogP contribution is -2.40. The van der Waals surface area contributed by atoms with E-state index < -0.39 is 16.9 Å². The molecule has 1 aliphatic rings. The van der Waals surface area contributed by atoms with Crippen molar-refractivity contribution in [3.63, 3.8) is 0 Å². The van der Waals surface area contributed by atoms with Crippen LogP contribution in [-0.2, 0) is 9.53 Å². The number of benzene rings is 3. The summed E-state index contributed by atoms with van der Waals surface area (Å²) in [5.41, 5.74) is 1.78. The Kier molecular flexibility index (Phi) is 8.20. The topological polar surface area (TPSA) is 126 Å². The lowest BCUT2D eigenvalue weighted by molar-refractivity contribution is -0.384. The van der Waals surface area contributed by atoms with Gasteiger partial charge in [0.05, 0.1) is 40.5 Å². The summed E-state index contributed by atoms with van der Waals surface area (Å²) in [7, 11) is 1.54. The number of ether oxygens (including phenoxy) is 2. The van der Waals surface area contributed by atoms with Crippen molar-refractivity contribution in [2.75, 3.05) is 13.7 Å². The summed E-state index contributed by atoms with van der Waals surface area (Å²) in [5, 5.41) is 11.4. The lowest BCUT2D eigenvalue weighted by Gasteiger charge is -2.26. The van der Waals surface area contributed by atoms with Crippen molar-refractivity contribution in [1.82, 2.24) is 4.57 Å². The van der Waals surface area contributed by atoms with Gasteiger partial charge in [-0.15, -0.1) is 0 Å². The first-order chi connectivity index (χ1) is 21.8. The fourth-order valence-electron chi connectivity index (χ4n) is 5.09. The molecule has 5 aromatic rings. The summed E-state index contributed by atoms with van der Waals surface area (Å²) in [6.45, 7) is 1.85. The van der Waals surface area contributed by atoms with Crippen molar-refractivity contribution < 1.29 is 23.6 Å². The summed E-state index contributed by atoms with van der Waals surface area (Å²) in [6, 6.07) is 23.2. The summed E-state index contributed by atoms with van der Waals surface area (Å²) < 4.78 is 18.7. The molecule has 10 nitrogen and oxygen atoms in total. The molecule has 0 saturated heterocycles. The molecule has 0 spiro atoms. The largest absolute Gasteiger partial charge is 0.497 e. The van der Waals surface area contributed by atoms with Crippen LogP contribution in [0.4, 0.5) is 5.69 Å². The average molecular weight is 642 g/mol. The number of hydrogen-bond acceptors (Lipinski definition) is 9. The molecule has 0 N–H and O–H groups in total. The Morgan fingerprint density at radius 3 is 2.62 bits per heavy atom. The molecule has 3 aromatic carbocycles. The van der Waals surface area contributed by atoms with E-state index in [2.05, 4.69) is 0 Å². The van der Waals surface area contributed by atoms with Crippen LogP contribution in [0.1, 0.15) is 29.9 Å². The molecule has 0 fully saturated rings. The van der Waals surface area contributed by atoms with E-state index in [1.54, 1.807) is 56.5 Å². The van der Waals surface area contributed by atoms with Gasteiger partial charge in [0, 0.05) is 23.3 Å². The van der Waals surface area contributed by atoms with Gasteiger partial charge in [0.1, 0.15) is 22.3 Å². The molecule has 0 saturated carbocycles. The highest BCUT2D eigenvalue weighted by Gasteiger charge is 2.35. The Labute approximate surface area is 264 Å². The third kappa shape index (κ3) is 5.70. The second-order valence-electron chi connectivity index (χ2n) is 9.83. The number of esters is 1. The number of rotatable bonds is 8. The highest BCUT2D eigenvalue weighted by molar-refractivity contribution is 7.07. The number of methoxy groups -OCH3 is 1. The molecule has 0 amide bonds. The van der Waals surface area contributed by atoms with E-state index in [4.69, 9.17) is 30.5 Å². The van der Waals surface area contributed by atoms with Gasteiger partial charge in [-0.05, 0) is 48.9 Å². The number of carbonyl (C=O) groups excluding carboxylic acids is 1. The number of nitro groups is 1. The standard InChI is InChI=1S/C33H24ClN3O7S/c1-3-43-32(39)28-29(19-8-5-4-6-9-19)35-33-36(30(28)21-10-7-11-22(16-21)42-2)31(38)27(45-33)18-23-13-15-26(44-23)20-12-14-24(34)25(17-20)37(40)41/h4-18,30H,3H2,1-2H3/b27-18-/t30-/m1/s1. The van der Waals surface area contributed by atoms with Gasteiger partial charge in [0.15, 0.2) is 4.80 Å². The van der Waals surface area contributed by atoms with Crippen molar-refractivity contribution in [2.24, 2.45) is 4.99 Å². The second kappa shape index (κ2) is 12.4. The van der Waals surface area contributed by atoms with Gasteiger partial charge in [-0.25, -0.2) is 9.79 Å². The molecular formula is C33H24ClN3O7S. The first kappa shape index (κ1) is 29.8. The van der Waals surface area contributed by atoms with Gasteiger partial charge >= 0.3 is 5.97 Å². The molecule has 45 heavy (non-hydrogen) atoms. The maximum Gasteiger partial charge on any atom is 0.338 e. The van der Waals surface area contributed by atoms with Crippen molar-refractivity contribution >= 4 is 46.4 Å². The maximum atomic E-state index is 14.1. The van der Waals surface area contributed by atoms with Crippen molar-refractivity contribution in [1.29, 1.82) is 0 Å². The van der Waals surface area contributed by atoms with Crippen LogP contribution in [0.3, 0.4) is 0 Å². The summed E-state index contributed by atoms with van der Waals surface area (Å²) in [4.78, 5) is 43.7. The van der Waals surface area contributed by atoms with Crippen molar-refractivity contribution in [2.45, 2.75) is 13.0 Å². The van der Waals surface area contributed by atoms with Crippen LogP contribution >= 0.6 is 22.9 Å². The van der Waals surface area contributed by atoms with E-state index in [-0.39, 0.29) is 28.4 Å². The number of nitrogens with zero attached hydrogens (tertiary/aromatic N) is 3. The molecule has 0 unspecified atom stereocenters. The van der Waals surface area contributed by atoms with Gasteiger partial charge in [-0.3, -0.25) is 19.5 Å². The van der Waals surface area contributed by atoms with Crippen LogP contribution < -0.4 is 19.6 Å². The molecule has 0 bridgehead atoms. The molecular weight excluding hydrogens is 618 g/mol. The Hall–Kier alpha value is -5.26. The predicted molar refractivity (Wildman–Crippen MR) is 170 cm³/mol. The van der Waals surface area contributed by atoms with Crippen LogP contribution in [0, 0.1) is 10.1 Å². The average Bonchev–Trinajstić information content (AvgIpc) is 3.64. The molecule has 12 heteroatoms. The molecule has 226 valence electrons. The number of furan rings is 1. The predicted octanol–water partition coefficient (Wildman–Crippen LogP) is 5.77. The van der Waals surface area contributed by atoms with E-state index in [9.17, 15) is 19.7 Å². The van der Waals surface area contributed by atoms with Crippen molar-refractivity contribution in [3.05, 3.63) is 142 Å². The van der Waals surface area contributed by atoms with E-state index >= 15 is 0 Å². The molecule has 1 atom stereocenters. The summed E-state index contributed by atoms with van der Waals surface area (Å²) in [6.07, 6.45) is 1.58. The second-order valence-corrected chi connectivity index (χ2v) is 11.2. The minimum absolute atomic E-state index is 0.0132. The number of fused-ring (bicyclic) bond motifs is 1. The molecule has 2 aromatic heterocycles. The third-order valence-corrected chi connectivity index (χ3v) is 8.41. The highest BCUT2D eigenvalue weighted by atomic mass is 35.5. The first-order valence-electron chi connectivity index (χ1n) is 13.8. The number of aromatic nitrogens is 1. The fourth-order valence-corrected chi connectivity index (χ4v) is 6.26. The smallest absolute Gasteiger partial charge is 0.338 e. The van der Waals surface area contributed by atoms with E-state index in [0.717, 1.165) is 11.3 Å². The summed E-state index contributed by atoms with van der Waals surface area (Å²) in [5.74, 6) is 0.675. The van der Waals surface area contributed by atoms with Crippen LogP contribution in [0.25, 0.3) is 23.1 Å². The zero-order valence-electron chi connectivity index (χ0n) is 23.9. The highest BCUT2D eigenvalue weighted by Crippen LogP contribution is 2.36. The number of halogens is 1. The van der Waals surface area contributed by atoms with Gasteiger partial charge in [0.2, 0.25) is 0 Å². The van der Waals surface area contributed by atoms with Crippen LogP contribution in [0.5, 0.6) is 5.75 Å². The molecule has 1 aliphatic heterocycles. The van der Waals surface area contributed by atoms with E-state index in [0.29, 0.717) is 49.0 Å². The molecule has 3 heterocycles. The lowest BCUT2D eigenvalue weighted by atomic mass is 9.93. The van der Waals surface area contributed by atoms with Gasteiger partial charge in [-0.2, -0.15) is 0 Å². The maximum absolute atomic E-state index is 14.1. The Bertz CT molecular complexity index is 2170. The normalized spacial score (nSPS) is 14.6. The first-order valence-corrected chi connectivity index (χ1v) is 14.9. The van der Waals surface area contributed by atoms with Gasteiger partial charge in [-0.1, -0.05) is 65.4 Å². The Morgan fingerprint density at radius 1 is 1.09 bits per heavy atom. The van der Waals surface area contributed by atoms with E-state index in [1.807, 2.05) is 36.4 Å². The van der Waals surface area contributed by atoms with Gasteiger partial charge < -0.3 is 13.9 Å². The van der Waals surface area contributed by atoms with Crippen LogP contribution in [0.15, 0.2) is 105 Å². The zero-order valence-corrected chi connectivity index (χ0v) is 25.5. The van der Waals surface area contributed by atoms with Gasteiger partial charge in [0.25, 0.3) is 11.2 Å². The number of nitro benzene ring substituents is 1. The number of carbonyl (C=O) groups is 1.